The molecule has 0 aromatic carbocycles. The van der Waals surface area contributed by atoms with Gasteiger partial charge in [0.1, 0.15) is 0 Å². The van der Waals surface area contributed by atoms with Gasteiger partial charge < -0.3 is 4.48 Å². The Labute approximate surface area is 65.4 Å². The Morgan fingerprint density at radius 1 is 1.00 bits per heavy atom. The Morgan fingerprint density at radius 3 is 1.36 bits per heavy atom. The summed E-state index contributed by atoms with van der Waals surface area (Å²) in [5.41, 5.74) is 0. The number of nitrogens with zero attached hydrogens (tertiary/aromatic N) is 1. The molecule has 4 heteroatoms. The molecule has 1 aliphatic rings. The van der Waals surface area contributed by atoms with Gasteiger partial charge in [0.15, 0.2) is 0 Å². The second-order valence-electron chi connectivity index (χ2n) is 3.34. The summed E-state index contributed by atoms with van der Waals surface area (Å²) in [7, 11) is 4.60. The van der Waals surface area contributed by atoms with Gasteiger partial charge in [-0.25, -0.2) is 0 Å². The lowest BCUT2D eigenvalue weighted by Crippen LogP contribution is -2.35. The van der Waals surface area contributed by atoms with E-state index in [0.29, 0.717) is 0 Å². The molecule has 0 bridgehead atoms. The Bertz CT molecular complexity index is 93.1. The molecule has 1 fully saturated rings. The molecule has 0 atom stereocenters. The van der Waals surface area contributed by atoms with Crippen LogP contribution in [-0.2, 0) is 0 Å². The Balaban J connectivity index is 0.000000218. The summed E-state index contributed by atoms with van der Waals surface area (Å²) >= 11 is 0. The third-order valence-corrected chi connectivity index (χ3v) is 1.78. The molecule has 11 heavy (non-hydrogen) atoms. The van der Waals surface area contributed by atoms with Gasteiger partial charge in [0.25, 0.3) is 0 Å². The Kier molecular flexibility index (Phi) is 4.49. The van der Waals surface area contributed by atoms with Gasteiger partial charge in [-0.2, -0.15) is 13.2 Å². The SMILES string of the molecule is C[N+]1(C)CCCC1.FC(F)F. The lowest BCUT2D eigenvalue weighted by molar-refractivity contribution is -0.877. The lowest BCUT2D eigenvalue weighted by Gasteiger charge is -2.21. The van der Waals surface area contributed by atoms with E-state index < -0.39 is 6.68 Å². The van der Waals surface area contributed by atoms with Gasteiger partial charge in [0, 0.05) is 12.8 Å². The van der Waals surface area contributed by atoms with E-state index in [2.05, 4.69) is 14.1 Å². The summed E-state index contributed by atoms with van der Waals surface area (Å²) in [4.78, 5) is 0. The number of halogens is 3. The topological polar surface area (TPSA) is 0 Å². The predicted octanol–water partition coefficient (Wildman–Crippen LogP) is 2.04. The number of quaternary nitrogens is 1. The highest BCUT2D eigenvalue weighted by Gasteiger charge is 2.19. The van der Waals surface area contributed by atoms with Crippen LogP contribution in [0, 0.1) is 0 Å². The molecule has 0 aliphatic carbocycles. The van der Waals surface area contributed by atoms with Crippen molar-refractivity contribution in [2.45, 2.75) is 19.5 Å². The lowest BCUT2D eigenvalue weighted by atomic mass is 10.4. The molecule has 1 aliphatic heterocycles. The first-order chi connectivity index (χ1) is 4.94. The minimum Gasteiger partial charge on any atom is -0.328 e. The van der Waals surface area contributed by atoms with Gasteiger partial charge in [-0.05, 0) is 0 Å². The van der Waals surface area contributed by atoms with Crippen LogP contribution >= 0.6 is 0 Å². The quantitative estimate of drug-likeness (QED) is 0.488. The molecule has 0 aromatic heterocycles. The van der Waals surface area contributed by atoms with Gasteiger partial charge >= 0.3 is 6.68 Å². The van der Waals surface area contributed by atoms with Gasteiger partial charge in [-0.15, -0.1) is 0 Å². The zero-order valence-corrected chi connectivity index (χ0v) is 6.99. The molecule has 68 valence electrons. The molecule has 0 spiro atoms. The molecule has 0 saturated carbocycles. The van der Waals surface area contributed by atoms with Crippen molar-refractivity contribution in [2.24, 2.45) is 0 Å². The van der Waals surface area contributed by atoms with Crippen LogP contribution in [0.25, 0.3) is 0 Å². The zero-order chi connectivity index (χ0) is 8.91. The normalized spacial score (nSPS) is 21.3. The third-order valence-electron chi connectivity index (χ3n) is 1.78. The molecular weight excluding hydrogens is 155 g/mol. The van der Waals surface area contributed by atoms with Crippen molar-refractivity contribution < 1.29 is 17.7 Å². The average Bonchev–Trinajstić information content (AvgIpc) is 2.11. The van der Waals surface area contributed by atoms with Gasteiger partial charge in [-0.3, -0.25) is 0 Å². The van der Waals surface area contributed by atoms with Crippen LogP contribution in [0.15, 0.2) is 0 Å². The molecule has 1 rings (SSSR count). The average molecular weight is 170 g/mol. The van der Waals surface area contributed by atoms with Crippen LogP contribution in [0.3, 0.4) is 0 Å². The smallest absolute Gasteiger partial charge is 0.328 e. The summed E-state index contributed by atoms with van der Waals surface area (Å²) in [5, 5.41) is 0. The van der Waals surface area contributed by atoms with E-state index in [-0.39, 0.29) is 0 Å². The molecule has 0 unspecified atom stereocenters. The first kappa shape index (κ1) is 10.8. The van der Waals surface area contributed by atoms with Crippen LogP contribution in [0.1, 0.15) is 12.8 Å². The Morgan fingerprint density at radius 2 is 1.27 bits per heavy atom. The van der Waals surface area contributed by atoms with Crippen LogP contribution in [-0.4, -0.2) is 38.3 Å². The van der Waals surface area contributed by atoms with E-state index in [1.807, 2.05) is 0 Å². The van der Waals surface area contributed by atoms with Crippen molar-refractivity contribution in [1.29, 1.82) is 0 Å². The van der Waals surface area contributed by atoms with Crippen LogP contribution < -0.4 is 0 Å². The maximum atomic E-state index is 9.67. The van der Waals surface area contributed by atoms with Crippen LogP contribution in [0.2, 0.25) is 0 Å². The van der Waals surface area contributed by atoms with Crippen molar-refractivity contribution in [3.05, 3.63) is 0 Å². The molecule has 0 amide bonds. The number of alkyl halides is 3. The zero-order valence-electron chi connectivity index (χ0n) is 6.99. The number of likely N-dealkylation sites (tertiary alicyclic amines) is 1. The van der Waals surface area contributed by atoms with Gasteiger partial charge in [0.2, 0.25) is 0 Å². The number of hydrogen-bond acceptors (Lipinski definition) is 0. The van der Waals surface area contributed by atoms with Crippen molar-refractivity contribution in [1.82, 2.24) is 0 Å². The van der Waals surface area contributed by atoms with Crippen molar-refractivity contribution in [3.8, 4) is 0 Å². The Hall–Kier alpha value is -0.250. The summed E-state index contributed by atoms with van der Waals surface area (Å²) in [6, 6.07) is 0. The fraction of sp³-hybridized carbons (Fsp3) is 1.00. The number of rotatable bonds is 0. The minimum atomic E-state index is -3.67. The van der Waals surface area contributed by atoms with Gasteiger partial charge in [0.05, 0.1) is 27.2 Å². The van der Waals surface area contributed by atoms with Crippen LogP contribution in [0.4, 0.5) is 13.2 Å². The predicted molar refractivity (Wildman–Crippen MR) is 38.2 cm³/mol. The molecule has 0 radical (unpaired) electrons. The standard InChI is InChI=1S/C6H14N.CHF3/c1-7(2)5-3-4-6-7;2-1(3)4/h3-6H2,1-2H3;1H/q+1;. The highest BCUT2D eigenvalue weighted by molar-refractivity contribution is 4.46. The minimum absolute atomic E-state index is 1.25. The van der Waals surface area contributed by atoms with E-state index >= 15 is 0 Å². The maximum absolute atomic E-state index is 9.67. The summed E-state index contributed by atoms with van der Waals surface area (Å²) in [5.74, 6) is 0. The van der Waals surface area contributed by atoms with E-state index in [1.54, 1.807) is 0 Å². The molecule has 1 saturated heterocycles. The largest absolute Gasteiger partial charge is 0.379 e. The van der Waals surface area contributed by atoms with E-state index in [1.165, 1.54) is 30.4 Å². The van der Waals surface area contributed by atoms with Crippen LogP contribution in [0.5, 0.6) is 0 Å². The fourth-order valence-corrected chi connectivity index (χ4v) is 1.19. The van der Waals surface area contributed by atoms with Gasteiger partial charge in [-0.1, -0.05) is 0 Å². The summed E-state index contributed by atoms with van der Waals surface area (Å²) in [6.07, 6.45) is 2.88. The monoisotopic (exact) mass is 170 g/mol. The molecule has 0 aromatic rings. The first-order valence-electron chi connectivity index (χ1n) is 3.68. The highest BCUT2D eigenvalue weighted by Crippen LogP contribution is 2.11. The maximum Gasteiger partial charge on any atom is 0.379 e. The molecule has 0 N–H and O–H groups in total. The fourth-order valence-electron chi connectivity index (χ4n) is 1.19. The first-order valence-corrected chi connectivity index (χ1v) is 3.68. The third kappa shape index (κ3) is 7.65. The molecule has 1 heterocycles. The molecule has 1 nitrogen and oxygen atoms in total. The summed E-state index contributed by atoms with van der Waals surface area (Å²) < 4.78 is 30.2. The second kappa shape index (κ2) is 4.59. The van der Waals surface area contributed by atoms with Crippen molar-refractivity contribution >= 4 is 0 Å². The number of hydrogen-bond donors (Lipinski definition) is 0. The van der Waals surface area contributed by atoms with E-state index in [4.69, 9.17) is 0 Å². The highest BCUT2D eigenvalue weighted by atomic mass is 19.4. The second-order valence-corrected chi connectivity index (χ2v) is 3.34. The summed E-state index contributed by atoms with van der Waals surface area (Å²) in [6.45, 7) is -0.889. The van der Waals surface area contributed by atoms with E-state index in [0.717, 1.165) is 0 Å². The van der Waals surface area contributed by atoms with Crippen molar-refractivity contribution in [3.63, 3.8) is 0 Å². The van der Waals surface area contributed by atoms with Crippen molar-refractivity contribution in [2.75, 3.05) is 27.2 Å². The molecular formula is C7H15F3N+. The van der Waals surface area contributed by atoms with E-state index in [9.17, 15) is 13.2 Å².